The average Bonchev–Trinajstić information content (AvgIpc) is 2.04. The van der Waals surface area contributed by atoms with Crippen LogP contribution in [-0.4, -0.2) is 0 Å². The molecule has 0 aromatic heterocycles. The molecule has 1 rings (SSSR count). The predicted octanol–water partition coefficient (Wildman–Crippen LogP) is 1.37. The Kier molecular flexibility index (Phi) is 3.05. The lowest BCUT2D eigenvalue weighted by Gasteiger charge is -2.06. The first kappa shape index (κ1) is 8.71. The Labute approximate surface area is 74.7 Å². The van der Waals surface area contributed by atoms with E-state index in [1.165, 1.54) is 0 Å². The molecule has 0 bridgehead atoms. The minimum atomic E-state index is 0.536. The normalized spacial score (nSPS) is 10.1. The summed E-state index contributed by atoms with van der Waals surface area (Å²) >= 11 is 3.41. The minimum Gasteiger partial charge on any atom is -0.326 e. The van der Waals surface area contributed by atoms with Crippen molar-refractivity contribution in [2.75, 3.05) is 0 Å². The van der Waals surface area contributed by atoms with E-state index in [9.17, 15) is 0 Å². The molecule has 0 aliphatic carbocycles. The first-order chi connectivity index (χ1) is 5.29. The van der Waals surface area contributed by atoms with Gasteiger partial charge in [-0.25, -0.2) is 0 Å². The topological polar surface area (TPSA) is 52.0 Å². The molecule has 0 fully saturated rings. The molecule has 0 saturated heterocycles. The smallest absolute Gasteiger partial charge is 0.0223 e. The SMILES string of the molecule is NCc1cccc(Br)c1CN. The van der Waals surface area contributed by atoms with Gasteiger partial charge in [-0.15, -0.1) is 0 Å². The highest BCUT2D eigenvalue weighted by molar-refractivity contribution is 9.10. The second kappa shape index (κ2) is 3.85. The molecule has 1 aromatic rings. The van der Waals surface area contributed by atoms with Crippen LogP contribution in [-0.2, 0) is 13.1 Å². The van der Waals surface area contributed by atoms with Gasteiger partial charge in [-0.3, -0.25) is 0 Å². The summed E-state index contributed by atoms with van der Waals surface area (Å²) in [6.45, 7) is 1.08. The van der Waals surface area contributed by atoms with Gasteiger partial charge in [0.05, 0.1) is 0 Å². The van der Waals surface area contributed by atoms with Gasteiger partial charge in [0.1, 0.15) is 0 Å². The first-order valence-electron chi connectivity index (χ1n) is 3.46. The largest absolute Gasteiger partial charge is 0.326 e. The van der Waals surface area contributed by atoms with Gasteiger partial charge in [-0.1, -0.05) is 28.1 Å². The maximum Gasteiger partial charge on any atom is 0.0223 e. The Bertz CT molecular complexity index is 248. The van der Waals surface area contributed by atoms with Crippen molar-refractivity contribution < 1.29 is 0 Å². The molecule has 0 saturated carbocycles. The Morgan fingerprint density at radius 1 is 1.18 bits per heavy atom. The van der Waals surface area contributed by atoms with Crippen molar-refractivity contribution in [3.05, 3.63) is 33.8 Å². The predicted molar refractivity (Wildman–Crippen MR) is 49.9 cm³/mol. The third kappa shape index (κ3) is 1.80. The van der Waals surface area contributed by atoms with Crippen LogP contribution in [0.3, 0.4) is 0 Å². The Morgan fingerprint density at radius 2 is 1.91 bits per heavy atom. The van der Waals surface area contributed by atoms with Gasteiger partial charge >= 0.3 is 0 Å². The van der Waals surface area contributed by atoms with E-state index < -0.39 is 0 Å². The van der Waals surface area contributed by atoms with Crippen molar-refractivity contribution in [2.45, 2.75) is 13.1 Å². The van der Waals surface area contributed by atoms with Gasteiger partial charge < -0.3 is 11.5 Å². The zero-order valence-electron chi connectivity index (χ0n) is 6.18. The summed E-state index contributed by atoms with van der Waals surface area (Å²) in [4.78, 5) is 0. The highest BCUT2D eigenvalue weighted by Gasteiger charge is 2.01. The van der Waals surface area contributed by atoms with Crippen molar-refractivity contribution >= 4 is 15.9 Å². The molecule has 0 aliphatic heterocycles. The van der Waals surface area contributed by atoms with Gasteiger partial charge in [0.25, 0.3) is 0 Å². The Hall–Kier alpha value is -0.380. The molecule has 3 heteroatoms. The molecule has 0 radical (unpaired) electrons. The fraction of sp³-hybridized carbons (Fsp3) is 0.250. The van der Waals surface area contributed by atoms with Gasteiger partial charge in [0.2, 0.25) is 0 Å². The van der Waals surface area contributed by atoms with E-state index in [2.05, 4.69) is 15.9 Å². The number of nitrogens with two attached hydrogens (primary N) is 2. The highest BCUT2D eigenvalue weighted by atomic mass is 79.9. The number of hydrogen-bond donors (Lipinski definition) is 2. The molecule has 0 heterocycles. The van der Waals surface area contributed by atoms with Crippen molar-refractivity contribution in [2.24, 2.45) is 11.5 Å². The summed E-state index contributed by atoms with van der Waals surface area (Å²) in [6.07, 6.45) is 0. The third-order valence-corrected chi connectivity index (χ3v) is 2.38. The lowest BCUT2D eigenvalue weighted by Crippen LogP contribution is -2.06. The lowest BCUT2D eigenvalue weighted by molar-refractivity contribution is 0.972. The van der Waals surface area contributed by atoms with Crippen LogP contribution in [0.5, 0.6) is 0 Å². The second-order valence-electron chi connectivity index (χ2n) is 2.29. The van der Waals surface area contributed by atoms with Gasteiger partial charge in [-0.05, 0) is 17.2 Å². The standard InChI is InChI=1S/C8H11BrN2/c9-8-3-1-2-6(4-10)7(8)5-11/h1-3H,4-5,10-11H2. The summed E-state index contributed by atoms with van der Waals surface area (Å²) in [5.41, 5.74) is 13.3. The summed E-state index contributed by atoms with van der Waals surface area (Å²) in [6, 6.07) is 5.93. The Morgan fingerprint density at radius 3 is 2.36 bits per heavy atom. The van der Waals surface area contributed by atoms with Crippen molar-refractivity contribution in [1.29, 1.82) is 0 Å². The number of halogens is 1. The molecule has 60 valence electrons. The molecule has 0 atom stereocenters. The van der Waals surface area contributed by atoms with Crippen LogP contribution in [0.2, 0.25) is 0 Å². The van der Waals surface area contributed by atoms with E-state index in [1.54, 1.807) is 0 Å². The second-order valence-corrected chi connectivity index (χ2v) is 3.14. The first-order valence-corrected chi connectivity index (χ1v) is 4.25. The quantitative estimate of drug-likeness (QED) is 0.782. The van der Waals surface area contributed by atoms with E-state index in [-0.39, 0.29) is 0 Å². The van der Waals surface area contributed by atoms with Crippen molar-refractivity contribution in [3.63, 3.8) is 0 Å². The molecule has 2 nitrogen and oxygen atoms in total. The number of benzene rings is 1. The van der Waals surface area contributed by atoms with Crippen LogP contribution < -0.4 is 11.5 Å². The van der Waals surface area contributed by atoms with Crippen LogP contribution in [0.25, 0.3) is 0 Å². The van der Waals surface area contributed by atoms with Gasteiger partial charge in [-0.2, -0.15) is 0 Å². The zero-order valence-corrected chi connectivity index (χ0v) is 7.76. The van der Waals surface area contributed by atoms with Gasteiger partial charge in [0, 0.05) is 17.6 Å². The fourth-order valence-electron chi connectivity index (χ4n) is 1.02. The highest BCUT2D eigenvalue weighted by Crippen LogP contribution is 2.19. The summed E-state index contributed by atoms with van der Waals surface area (Å²) < 4.78 is 1.04. The van der Waals surface area contributed by atoms with Gasteiger partial charge in [0.15, 0.2) is 0 Å². The molecular formula is C8H11BrN2. The summed E-state index contributed by atoms with van der Waals surface area (Å²) in [5, 5.41) is 0. The summed E-state index contributed by atoms with van der Waals surface area (Å²) in [5.74, 6) is 0. The average molecular weight is 215 g/mol. The lowest BCUT2D eigenvalue weighted by atomic mass is 10.1. The molecule has 0 spiro atoms. The maximum absolute atomic E-state index is 5.54. The van der Waals surface area contributed by atoms with E-state index in [4.69, 9.17) is 11.5 Å². The summed E-state index contributed by atoms with van der Waals surface area (Å²) in [7, 11) is 0. The van der Waals surface area contributed by atoms with Crippen molar-refractivity contribution in [1.82, 2.24) is 0 Å². The monoisotopic (exact) mass is 214 g/mol. The molecule has 0 aliphatic rings. The van der Waals surface area contributed by atoms with E-state index in [0.29, 0.717) is 13.1 Å². The molecular weight excluding hydrogens is 204 g/mol. The molecule has 11 heavy (non-hydrogen) atoms. The Balaban J connectivity index is 3.13. The van der Waals surface area contributed by atoms with E-state index in [0.717, 1.165) is 15.6 Å². The molecule has 1 aromatic carbocycles. The number of rotatable bonds is 2. The van der Waals surface area contributed by atoms with Crippen LogP contribution in [0.1, 0.15) is 11.1 Å². The van der Waals surface area contributed by atoms with Crippen LogP contribution >= 0.6 is 15.9 Å². The van der Waals surface area contributed by atoms with Crippen LogP contribution in [0, 0.1) is 0 Å². The van der Waals surface area contributed by atoms with E-state index in [1.807, 2.05) is 18.2 Å². The van der Waals surface area contributed by atoms with E-state index >= 15 is 0 Å². The molecule has 0 amide bonds. The van der Waals surface area contributed by atoms with Crippen molar-refractivity contribution in [3.8, 4) is 0 Å². The molecule has 0 unspecified atom stereocenters. The van der Waals surface area contributed by atoms with Crippen LogP contribution in [0.15, 0.2) is 22.7 Å². The molecule has 4 N–H and O–H groups in total. The maximum atomic E-state index is 5.54. The third-order valence-electron chi connectivity index (χ3n) is 1.64. The van der Waals surface area contributed by atoms with Crippen LogP contribution in [0.4, 0.5) is 0 Å². The fourth-order valence-corrected chi connectivity index (χ4v) is 1.59. The minimum absolute atomic E-state index is 0.536. The zero-order chi connectivity index (χ0) is 8.27. The number of hydrogen-bond acceptors (Lipinski definition) is 2.